The van der Waals surface area contributed by atoms with Crippen LogP contribution in [0.25, 0.3) is 0 Å². The molecule has 0 radical (unpaired) electrons. The standard InChI is InChI=1S/C25H24FNOS/c1-18-5-4-6-24(15-18)28-25(27-23-12-7-19(2)20(3)16-23)13-14-29-17-21-8-10-22(26)11-9-21/h4-16H,17H2,1-3H3. The number of benzene rings is 3. The van der Waals surface area contributed by atoms with Crippen LogP contribution in [0.2, 0.25) is 0 Å². The maximum absolute atomic E-state index is 13.0. The van der Waals surface area contributed by atoms with E-state index in [2.05, 4.69) is 31.0 Å². The summed E-state index contributed by atoms with van der Waals surface area (Å²) in [5, 5.41) is 1.96. The van der Waals surface area contributed by atoms with Gasteiger partial charge >= 0.3 is 0 Å². The van der Waals surface area contributed by atoms with E-state index >= 15 is 0 Å². The van der Waals surface area contributed by atoms with Gasteiger partial charge in [0.05, 0.1) is 5.69 Å². The fraction of sp³-hybridized carbons (Fsp3) is 0.160. The van der Waals surface area contributed by atoms with Crippen LogP contribution in [-0.2, 0) is 5.75 Å². The zero-order chi connectivity index (χ0) is 20.6. The highest BCUT2D eigenvalue weighted by Gasteiger charge is 2.03. The molecule has 3 rings (SSSR count). The van der Waals surface area contributed by atoms with Gasteiger partial charge in [-0.15, -0.1) is 11.8 Å². The first kappa shape index (κ1) is 20.9. The molecule has 2 nitrogen and oxygen atoms in total. The predicted octanol–water partition coefficient (Wildman–Crippen LogP) is 7.31. The van der Waals surface area contributed by atoms with Crippen LogP contribution in [0.3, 0.4) is 0 Å². The summed E-state index contributed by atoms with van der Waals surface area (Å²) in [6.45, 7) is 6.18. The van der Waals surface area contributed by atoms with E-state index in [1.54, 1.807) is 23.9 Å². The van der Waals surface area contributed by atoms with Gasteiger partial charge in [0, 0.05) is 11.8 Å². The Bertz CT molecular complexity index is 1030. The molecule has 0 heterocycles. The van der Waals surface area contributed by atoms with E-state index in [1.165, 1.54) is 23.3 Å². The monoisotopic (exact) mass is 405 g/mol. The van der Waals surface area contributed by atoms with Crippen molar-refractivity contribution in [3.8, 4) is 5.75 Å². The summed E-state index contributed by atoms with van der Waals surface area (Å²) in [6.07, 6.45) is 1.87. The minimum absolute atomic E-state index is 0.219. The van der Waals surface area contributed by atoms with E-state index in [4.69, 9.17) is 4.74 Å². The van der Waals surface area contributed by atoms with E-state index in [9.17, 15) is 4.39 Å². The smallest absolute Gasteiger partial charge is 0.220 e. The normalized spacial score (nSPS) is 11.8. The van der Waals surface area contributed by atoms with Gasteiger partial charge in [-0.2, -0.15) is 0 Å². The zero-order valence-corrected chi connectivity index (χ0v) is 17.7. The van der Waals surface area contributed by atoms with Crippen molar-refractivity contribution in [3.63, 3.8) is 0 Å². The van der Waals surface area contributed by atoms with Crippen LogP contribution in [-0.4, -0.2) is 5.90 Å². The Kier molecular flexibility index (Phi) is 7.25. The van der Waals surface area contributed by atoms with Gasteiger partial charge in [-0.25, -0.2) is 9.38 Å². The molecule has 0 amide bonds. The number of hydrogen-bond acceptors (Lipinski definition) is 3. The number of nitrogens with zero attached hydrogens (tertiary/aromatic N) is 1. The van der Waals surface area contributed by atoms with Gasteiger partial charge in [-0.05, 0) is 84.8 Å². The summed E-state index contributed by atoms with van der Waals surface area (Å²) < 4.78 is 19.1. The Hall–Kier alpha value is -2.85. The Morgan fingerprint density at radius 3 is 2.48 bits per heavy atom. The molecule has 29 heavy (non-hydrogen) atoms. The molecule has 0 aliphatic rings. The molecule has 0 saturated carbocycles. The van der Waals surface area contributed by atoms with Gasteiger partial charge in [-0.1, -0.05) is 30.3 Å². The number of rotatable bonds is 6. The third kappa shape index (κ3) is 6.61. The molecule has 0 bridgehead atoms. The first-order valence-electron chi connectivity index (χ1n) is 9.43. The molecule has 0 unspecified atom stereocenters. The van der Waals surface area contributed by atoms with Crippen molar-refractivity contribution in [2.24, 2.45) is 4.99 Å². The molecule has 148 valence electrons. The average molecular weight is 406 g/mol. The summed E-state index contributed by atoms with van der Waals surface area (Å²) in [4.78, 5) is 4.69. The van der Waals surface area contributed by atoms with Gasteiger partial charge < -0.3 is 4.74 Å². The highest BCUT2D eigenvalue weighted by atomic mass is 32.2. The number of aryl methyl sites for hydroxylation is 3. The molecule has 0 aliphatic carbocycles. The minimum atomic E-state index is -0.219. The van der Waals surface area contributed by atoms with E-state index in [1.807, 2.05) is 48.7 Å². The van der Waals surface area contributed by atoms with Gasteiger partial charge in [-0.3, -0.25) is 0 Å². The summed E-state index contributed by atoms with van der Waals surface area (Å²) in [5.41, 5.74) is 5.46. The lowest BCUT2D eigenvalue weighted by Gasteiger charge is -2.08. The Labute approximate surface area is 176 Å². The summed E-state index contributed by atoms with van der Waals surface area (Å²) >= 11 is 1.61. The van der Waals surface area contributed by atoms with Crippen molar-refractivity contribution in [2.45, 2.75) is 26.5 Å². The van der Waals surface area contributed by atoms with Crippen LogP contribution in [0.5, 0.6) is 5.75 Å². The molecule has 0 aliphatic heterocycles. The lowest BCUT2D eigenvalue weighted by Crippen LogP contribution is -2.04. The summed E-state index contributed by atoms with van der Waals surface area (Å²) in [5.74, 6) is 1.80. The maximum Gasteiger partial charge on any atom is 0.220 e. The van der Waals surface area contributed by atoms with Crippen LogP contribution in [0, 0.1) is 26.6 Å². The number of thioether (sulfide) groups is 1. The molecule has 0 fully saturated rings. The zero-order valence-electron chi connectivity index (χ0n) is 16.9. The fourth-order valence-corrected chi connectivity index (χ4v) is 3.34. The number of hydrogen-bond donors (Lipinski definition) is 0. The van der Waals surface area contributed by atoms with Crippen molar-refractivity contribution in [3.05, 3.63) is 106 Å². The molecule has 4 heteroatoms. The predicted molar refractivity (Wildman–Crippen MR) is 122 cm³/mol. The Balaban J connectivity index is 1.76. The Morgan fingerprint density at radius 1 is 0.966 bits per heavy atom. The van der Waals surface area contributed by atoms with Crippen LogP contribution >= 0.6 is 11.8 Å². The fourth-order valence-electron chi connectivity index (χ4n) is 2.65. The Morgan fingerprint density at radius 2 is 1.76 bits per heavy atom. The van der Waals surface area contributed by atoms with E-state index in [-0.39, 0.29) is 5.82 Å². The van der Waals surface area contributed by atoms with Gasteiger partial charge in [0.15, 0.2) is 0 Å². The van der Waals surface area contributed by atoms with Crippen molar-refractivity contribution >= 4 is 23.3 Å². The lowest BCUT2D eigenvalue weighted by atomic mass is 10.1. The van der Waals surface area contributed by atoms with Crippen LogP contribution in [0.1, 0.15) is 22.3 Å². The molecule has 0 atom stereocenters. The highest BCUT2D eigenvalue weighted by Crippen LogP contribution is 2.20. The molecule has 3 aromatic carbocycles. The molecule has 3 aromatic rings. The number of ether oxygens (including phenoxy) is 1. The molecule has 0 aromatic heterocycles. The first-order chi connectivity index (χ1) is 14.0. The second-order valence-corrected chi connectivity index (χ2v) is 7.77. The number of aliphatic imine (C=N–C) groups is 1. The maximum atomic E-state index is 13.0. The molecular formula is C25H24FNOS. The molecule has 0 N–H and O–H groups in total. The van der Waals surface area contributed by atoms with Crippen molar-refractivity contribution in [2.75, 3.05) is 0 Å². The topological polar surface area (TPSA) is 21.6 Å². The largest absolute Gasteiger partial charge is 0.439 e. The van der Waals surface area contributed by atoms with Crippen LogP contribution in [0.15, 0.2) is 83.2 Å². The number of halogens is 1. The molecule has 0 saturated heterocycles. The summed E-state index contributed by atoms with van der Waals surface area (Å²) in [7, 11) is 0. The third-order valence-electron chi connectivity index (χ3n) is 4.41. The molecule has 0 spiro atoms. The third-order valence-corrected chi connectivity index (χ3v) is 5.24. The summed E-state index contributed by atoms with van der Waals surface area (Å²) in [6, 6.07) is 20.5. The lowest BCUT2D eigenvalue weighted by molar-refractivity contribution is 0.555. The second kappa shape index (κ2) is 10.1. The first-order valence-corrected chi connectivity index (χ1v) is 10.5. The minimum Gasteiger partial charge on any atom is -0.439 e. The van der Waals surface area contributed by atoms with Crippen molar-refractivity contribution in [1.29, 1.82) is 0 Å². The second-order valence-electron chi connectivity index (χ2n) is 6.88. The highest BCUT2D eigenvalue weighted by molar-refractivity contribution is 8.01. The van der Waals surface area contributed by atoms with Gasteiger partial charge in [0.2, 0.25) is 5.90 Å². The van der Waals surface area contributed by atoms with E-state index < -0.39 is 0 Å². The van der Waals surface area contributed by atoms with Crippen molar-refractivity contribution in [1.82, 2.24) is 0 Å². The van der Waals surface area contributed by atoms with Gasteiger partial charge in [0.1, 0.15) is 11.6 Å². The van der Waals surface area contributed by atoms with E-state index in [0.717, 1.165) is 28.3 Å². The average Bonchev–Trinajstić information content (AvgIpc) is 2.69. The van der Waals surface area contributed by atoms with Crippen LogP contribution in [0.4, 0.5) is 10.1 Å². The van der Waals surface area contributed by atoms with Gasteiger partial charge in [0.25, 0.3) is 0 Å². The van der Waals surface area contributed by atoms with Crippen LogP contribution < -0.4 is 4.74 Å². The van der Waals surface area contributed by atoms with Crippen molar-refractivity contribution < 1.29 is 9.13 Å². The quantitative estimate of drug-likeness (QED) is 0.317. The SMILES string of the molecule is Cc1cccc(OC(C=CSCc2ccc(F)cc2)=Nc2ccc(C)c(C)c2)c1. The van der Waals surface area contributed by atoms with E-state index in [0.29, 0.717) is 5.90 Å². The molecular weight excluding hydrogens is 381 g/mol.